The van der Waals surface area contributed by atoms with E-state index in [2.05, 4.69) is 41.2 Å². The van der Waals surface area contributed by atoms with Gasteiger partial charge in [0, 0.05) is 32.0 Å². The Bertz CT molecular complexity index is 1240. The van der Waals surface area contributed by atoms with Gasteiger partial charge in [-0.3, -0.25) is 9.78 Å². The van der Waals surface area contributed by atoms with Gasteiger partial charge in [0.2, 0.25) is 0 Å². The molecule has 4 rings (SSSR count). The van der Waals surface area contributed by atoms with E-state index in [0.717, 1.165) is 71.8 Å². The van der Waals surface area contributed by atoms with E-state index in [0.29, 0.717) is 32.6 Å². The lowest BCUT2D eigenvalue weighted by molar-refractivity contribution is -0.139. The average molecular weight is 548 g/mol. The second-order valence-corrected chi connectivity index (χ2v) is 10.4. The van der Waals surface area contributed by atoms with Crippen LogP contribution in [0.1, 0.15) is 36.0 Å². The minimum absolute atomic E-state index is 0.188. The fourth-order valence-electron chi connectivity index (χ4n) is 5.14. The Morgan fingerprint density at radius 2 is 1.70 bits per heavy atom. The van der Waals surface area contributed by atoms with Crippen LogP contribution in [0.25, 0.3) is 11.1 Å². The van der Waals surface area contributed by atoms with E-state index in [1.165, 1.54) is 0 Å². The number of aliphatic hydroxyl groups excluding tert-OH is 1. The second-order valence-electron chi connectivity index (χ2n) is 10.4. The number of carboxylic acid groups (broad SMARTS) is 1. The first-order valence-electron chi connectivity index (χ1n) is 14.1. The molecule has 0 spiro atoms. The van der Waals surface area contributed by atoms with Crippen LogP contribution in [-0.4, -0.2) is 77.6 Å². The molecule has 8 heteroatoms. The Balaban J connectivity index is 1.28. The SMILES string of the molecule is Cc1c(OCCCNC(Cc2cccnc2)C(=O)O)cccc1-c1cccc(OCCCN2CC[C@@H](O)C2)c1C. The van der Waals surface area contributed by atoms with Crippen LogP contribution in [0.2, 0.25) is 0 Å². The minimum Gasteiger partial charge on any atom is -0.493 e. The number of aromatic nitrogens is 1. The number of aliphatic hydroxyl groups is 1. The van der Waals surface area contributed by atoms with E-state index < -0.39 is 12.0 Å². The van der Waals surface area contributed by atoms with Crippen molar-refractivity contribution in [1.29, 1.82) is 0 Å². The Kier molecular flexibility index (Phi) is 10.9. The molecule has 1 aliphatic heterocycles. The zero-order valence-corrected chi connectivity index (χ0v) is 23.5. The number of carboxylic acids is 1. The van der Waals surface area contributed by atoms with Gasteiger partial charge in [0.25, 0.3) is 0 Å². The van der Waals surface area contributed by atoms with E-state index in [9.17, 15) is 15.0 Å². The van der Waals surface area contributed by atoms with Crippen molar-refractivity contribution in [3.05, 3.63) is 77.6 Å². The number of rotatable bonds is 15. The number of nitrogens with zero attached hydrogens (tertiary/aromatic N) is 2. The molecule has 0 aliphatic carbocycles. The standard InChI is InChI=1S/C32H41N3O5/c1-23-27(28-10-4-12-31(24(28)2)40-19-7-16-35-17-13-26(36)22-35)9-3-11-30(23)39-18-6-15-34-29(32(37)38)20-25-8-5-14-33-21-25/h3-5,8-12,14,21,26,29,34,36H,6-7,13,15-20,22H2,1-2H3,(H,37,38)/t26-,29?/m1/s1. The Labute approximate surface area is 237 Å². The molecular weight excluding hydrogens is 506 g/mol. The molecule has 0 bridgehead atoms. The average Bonchev–Trinajstić information content (AvgIpc) is 3.37. The lowest BCUT2D eigenvalue weighted by Gasteiger charge is -2.18. The summed E-state index contributed by atoms with van der Waals surface area (Å²) in [6.07, 6.45) is 6.03. The molecule has 3 N–H and O–H groups in total. The van der Waals surface area contributed by atoms with Crippen molar-refractivity contribution in [2.24, 2.45) is 0 Å². The number of likely N-dealkylation sites (tertiary alicyclic amines) is 1. The van der Waals surface area contributed by atoms with Gasteiger partial charge >= 0.3 is 5.97 Å². The number of ether oxygens (including phenoxy) is 2. The molecular formula is C32H41N3O5. The molecule has 1 saturated heterocycles. The molecule has 8 nitrogen and oxygen atoms in total. The van der Waals surface area contributed by atoms with E-state index >= 15 is 0 Å². The summed E-state index contributed by atoms with van der Waals surface area (Å²) in [6.45, 7) is 8.46. The number of aliphatic carboxylic acids is 1. The molecule has 0 amide bonds. The Morgan fingerprint density at radius 1 is 1.02 bits per heavy atom. The highest BCUT2D eigenvalue weighted by Gasteiger charge is 2.20. The van der Waals surface area contributed by atoms with Crippen LogP contribution in [0.5, 0.6) is 11.5 Å². The van der Waals surface area contributed by atoms with Gasteiger partial charge in [0.15, 0.2) is 0 Å². The maximum atomic E-state index is 11.7. The first kappa shape index (κ1) is 29.5. The normalized spacial score (nSPS) is 16.1. The van der Waals surface area contributed by atoms with Gasteiger partial charge in [-0.2, -0.15) is 0 Å². The largest absolute Gasteiger partial charge is 0.493 e. The van der Waals surface area contributed by atoms with E-state index in [1.807, 2.05) is 36.4 Å². The molecule has 1 fully saturated rings. The number of hydrogen-bond acceptors (Lipinski definition) is 7. The third-order valence-electron chi connectivity index (χ3n) is 7.41. The number of carbonyl (C=O) groups is 1. The van der Waals surface area contributed by atoms with Gasteiger partial charge in [-0.1, -0.05) is 30.3 Å². The highest BCUT2D eigenvalue weighted by atomic mass is 16.5. The second kappa shape index (κ2) is 14.8. The zero-order valence-electron chi connectivity index (χ0n) is 23.5. The number of pyridine rings is 1. The van der Waals surface area contributed by atoms with Gasteiger partial charge < -0.3 is 29.9 Å². The molecule has 3 aromatic rings. The van der Waals surface area contributed by atoms with Crippen molar-refractivity contribution in [2.45, 2.75) is 51.7 Å². The van der Waals surface area contributed by atoms with Crippen molar-refractivity contribution in [2.75, 3.05) is 39.4 Å². The van der Waals surface area contributed by atoms with Crippen molar-refractivity contribution >= 4 is 5.97 Å². The predicted octanol–water partition coefficient (Wildman–Crippen LogP) is 4.26. The third-order valence-corrected chi connectivity index (χ3v) is 7.41. The Hall–Kier alpha value is -3.46. The maximum absolute atomic E-state index is 11.7. The molecule has 2 heterocycles. The lowest BCUT2D eigenvalue weighted by Crippen LogP contribution is -2.39. The summed E-state index contributed by atoms with van der Waals surface area (Å²) in [5.74, 6) is 0.831. The summed E-state index contributed by atoms with van der Waals surface area (Å²) in [5.41, 5.74) is 5.26. The zero-order chi connectivity index (χ0) is 28.3. The van der Waals surface area contributed by atoms with Gasteiger partial charge in [-0.25, -0.2) is 0 Å². The molecule has 1 unspecified atom stereocenters. The summed E-state index contributed by atoms with van der Waals surface area (Å²) in [7, 11) is 0. The van der Waals surface area contributed by atoms with Crippen LogP contribution in [0.4, 0.5) is 0 Å². The molecule has 1 aromatic heterocycles. The monoisotopic (exact) mass is 547 g/mol. The van der Waals surface area contributed by atoms with Crippen LogP contribution < -0.4 is 14.8 Å². The van der Waals surface area contributed by atoms with Crippen LogP contribution in [-0.2, 0) is 11.2 Å². The number of β-amino-alcohol motifs (C(OH)–C–C–N with tert-alkyl or cyclic N) is 1. The lowest BCUT2D eigenvalue weighted by atomic mass is 9.95. The Morgan fingerprint density at radius 3 is 2.27 bits per heavy atom. The number of benzene rings is 2. The van der Waals surface area contributed by atoms with Crippen LogP contribution in [0, 0.1) is 13.8 Å². The summed E-state index contributed by atoms with van der Waals surface area (Å²) in [4.78, 5) is 18.0. The smallest absolute Gasteiger partial charge is 0.321 e. The summed E-state index contributed by atoms with van der Waals surface area (Å²) >= 11 is 0. The van der Waals surface area contributed by atoms with Crippen LogP contribution in [0.3, 0.4) is 0 Å². The van der Waals surface area contributed by atoms with Crippen LogP contribution >= 0.6 is 0 Å². The molecule has 40 heavy (non-hydrogen) atoms. The molecule has 1 aliphatic rings. The molecule has 2 atom stereocenters. The highest BCUT2D eigenvalue weighted by molar-refractivity contribution is 5.74. The van der Waals surface area contributed by atoms with Gasteiger partial charge in [0.05, 0.1) is 19.3 Å². The van der Waals surface area contributed by atoms with E-state index in [4.69, 9.17) is 9.47 Å². The molecule has 0 radical (unpaired) electrons. The minimum atomic E-state index is -0.874. The summed E-state index contributed by atoms with van der Waals surface area (Å²) in [5, 5.41) is 22.4. The van der Waals surface area contributed by atoms with Crippen molar-refractivity contribution < 1.29 is 24.5 Å². The number of nitrogens with one attached hydrogen (secondary N) is 1. The first-order valence-corrected chi connectivity index (χ1v) is 14.1. The molecule has 0 saturated carbocycles. The predicted molar refractivity (Wildman–Crippen MR) is 156 cm³/mol. The third kappa shape index (κ3) is 8.27. The fraction of sp³-hybridized carbons (Fsp3) is 0.438. The number of hydrogen-bond donors (Lipinski definition) is 3. The summed E-state index contributed by atoms with van der Waals surface area (Å²) in [6, 6.07) is 15.3. The van der Waals surface area contributed by atoms with E-state index in [-0.39, 0.29) is 6.10 Å². The van der Waals surface area contributed by atoms with Crippen molar-refractivity contribution in [1.82, 2.24) is 15.2 Å². The van der Waals surface area contributed by atoms with Gasteiger partial charge in [0.1, 0.15) is 17.5 Å². The highest BCUT2D eigenvalue weighted by Crippen LogP contribution is 2.35. The topological polar surface area (TPSA) is 104 Å². The molecule has 214 valence electrons. The van der Waals surface area contributed by atoms with Gasteiger partial charge in [-0.05, 0) is 92.1 Å². The fourth-order valence-corrected chi connectivity index (χ4v) is 5.14. The van der Waals surface area contributed by atoms with Crippen molar-refractivity contribution in [3.63, 3.8) is 0 Å². The molecule has 2 aromatic carbocycles. The summed E-state index contributed by atoms with van der Waals surface area (Å²) < 4.78 is 12.3. The van der Waals surface area contributed by atoms with Gasteiger partial charge in [-0.15, -0.1) is 0 Å². The van der Waals surface area contributed by atoms with E-state index in [1.54, 1.807) is 12.4 Å². The quantitative estimate of drug-likeness (QED) is 0.243. The van der Waals surface area contributed by atoms with Crippen molar-refractivity contribution in [3.8, 4) is 22.6 Å². The maximum Gasteiger partial charge on any atom is 0.321 e. The van der Waals surface area contributed by atoms with Crippen LogP contribution in [0.15, 0.2) is 60.9 Å². The first-order chi connectivity index (χ1) is 19.4.